The Morgan fingerprint density at radius 2 is 2.17 bits per heavy atom. The van der Waals surface area contributed by atoms with Crippen molar-refractivity contribution in [3.63, 3.8) is 0 Å². The summed E-state index contributed by atoms with van der Waals surface area (Å²) in [6.07, 6.45) is 3.97. The summed E-state index contributed by atoms with van der Waals surface area (Å²) in [5.41, 5.74) is 2.81. The van der Waals surface area contributed by atoms with Crippen molar-refractivity contribution < 1.29 is 4.79 Å². The molecule has 0 radical (unpaired) electrons. The number of carbonyl (C=O) groups is 1. The Morgan fingerprint density at radius 1 is 1.33 bits per heavy atom. The zero-order valence-corrected chi connectivity index (χ0v) is 15.6. The van der Waals surface area contributed by atoms with E-state index in [0.29, 0.717) is 17.3 Å². The molecule has 0 bridgehead atoms. The highest BCUT2D eigenvalue weighted by Gasteiger charge is 2.22. The van der Waals surface area contributed by atoms with Gasteiger partial charge < -0.3 is 10.2 Å². The summed E-state index contributed by atoms with van der Waals surface area (Å²) in [7, 11) is 0. The van der Waals surface area contributed by atoms with E-state index in [1.165, 1.54) is 12.0 Å². The SMILES string of the molecule is Cc1ccc(Nc2cc(C(=O)N3CCCC(C)C3)ccn2)cc1Br. The Bertz CT molecular complexity index is 747. The number of hydrogen-bond acceptors (Lipinski definition) is 3. The lowest BCUT2D eigenvalue weighted by molar-refractivity contribution is 0.0683. The summed E-state index contributed by atoms with van der Waals surface area (Å²) < 4.78 is 1.04. The van der Waals surface area contributed by atoms with E-state index in [2.05, 4.69) is 33.2 Å². The highest BCUT2D eigenvalue weighted by atomic mass is 79.9. The highest BCUT2D eigenvalue weighted by molar-refractivity contribution is 9.10. The van der Waals surface area contributed by atoms with Gasteiger partial charge in [0.1, 0.15) is 5.82 Å². The number of nitrogens with one attached hydrogen (secondary N) is 1. The number of benzene rings is 1. The molecule has 5 heteroatoms. The molecule has 0 saturated carbocycles. The maximum Gasteiger partial charge on any atom is 0.254 e. The highest BCUT2D eigenvalue weighted by Crippen LogP contribution is 2.24. The van der Waals surface area contributed by atoms with E-state index in [4.69, 9.17) is 0 Å². The Labute approximate surface area is 151 Å². The smallest absolute Gasteiger partial charge is 0.254 e. The lowest BCUT2D eigenvalue weighted by Crippen LogP contribution is -2.39. The maximum atomic E-state index is 12.7. The summed E-state index contributed by atoms with van der Waals surface area (Å²) in [6, 6.07) is 9.67. The van der Waals surface area contributed by atoms with E-state index < -0.39 is 0 Å². The van der Waals surface area contributed by atoms with Gasteiger partial charge in [-0.15, -0.1) is 0 Å². The first-order chi connectivity index (χ1) is 11.5. The monoisotopic (exact) mass is 387 g/mol. The van der Waals surface area contributed by atoms with Crippen LogP contribution in [-0.4, -0.2) is 28.9 Å². The molecule has 24 heavy (non-hydrogen) atoms. The van der Waals surface area contributed by atoms with Crippen LogP contribution in [-0.2, 0) is 0 Å². The van der Waals surface area contributed by atoms with E-state index in [1.54, 1.807) is 12.3 Å². The van der Waals surface area contributed by atoms with Crippen molar-refractivity contribution in [3.8, 4) is 0 Å². The standard InChI is InChI=1S/C19H22BrN3O/c1-13-4-3-9-23(12-13)19(24)15-7-8-21-18(10-15)22-16-6-5-14(2)17(20)11-16/h5-8,10-11,13H,3-4,9,12H2,1-2H3,(H,21,22). The summed E-state index contributed by atoms with van der Waals surface area (Å²) in [4.78, 5) is 19.0. The van der Waals surface area contributed by atoms with Gasteiger partial charge in [0.05, 0.1) is 0 Å². The average Bonchev–Trinajstić information content (AvgIpc) is 2.58. The minimum atomic E-state index is 0.0945. The molecular formula is C19H22BrN3O. The number of aryl methyl sites for hydroxylation is 1. The number of likely N-dealkylation sites (tertiary alicyclic amines) is 1. The van der Waals surface area contributed by atoms with Crippen molar-refractivity contribution >= 4 is 33.3 Å². The fourth-order valence-corrected chi connectivity index (χ4v) is 3.39. The quantitative estimate of drug-likeness (QED) is 0.824. The molecule has 4 nitrogen and oxygen atoms in total. The van der Waals surface area contributed by atoms with Crippen LogP contribution in [0.1, 0.15) is 35.7 Å². The third-order valence-corrected chi connectivity index (χ3v) is 5.25. The van der Waals surface area contributed by atoms with E-state index in [9.17, 15) is 4.79 Å². The predicted octanol–water partition coefficient (Wildman–Crippen LogP) is 4.77. The Kier molecular flexibility index (Phi) is 5.19. The van der Waals surface area contributed by atoms with E-state index in [0.717, 1.165) is 29.7 Å². The van der Waals surface area contributed by atoms with E-state index in [-0.39, 0.29) is 5.91 Å². The second kappa shape index (κ2) is 7.34. The van der Waals surface area contributed by atoms with Gasteiger partial charge in [0, 0.05) is 35.0 Å². The predicted molar refractivity (Wildman–Crippen MR) is 101 cm³/mol. The van der Waals surface area contributed by atoms with Gasteiger partial charge in [-0.1, -0.05) is 28.9 Å². The van der Waals surface area contributed by atoms with Crippen molar-refractivity contribution in [1.82, 2.24) is 9.88 Å². The lowest BCUT2D eigenvalue weighted by Gasteiger charge is -2.31. The van der Waals surface area contributed by atoms with Crippen molar-refractivity contribution in [3.05, 3.63) is 52.1 Å². The molecule has 1 N–H and O–H groups in total. The molecule has 1 aliphatic rings. The third-order valence-electron chi connectivity index (χ3n) is 4.40. The number of rotatable bonds is 3. The first-order valence-corrected chi connectivity index (χ1v) is 9.11. The summed E-state index contributed by atoms with van der Waals surface area (Å²) in [5.74, 6) is 1.35. The molecule has 1 unspecified atom stereocenters. The molecule has 1 aromatic carbocycles. The largest absolute Gasteiger partial charge is 0.340 e. The van der Waals surface area contributed by atoms with Gasteiger partial charge in [0.2, 0.25) is 0 Å². The molecule has 126 valence electrons. The van der Waals surface area contributed by atoms with Crippen LogP contribution in [0, 0.1) is 12.8 Å². The van der Waals surface area contributed by atoms with Crippen LogP contribution in [0.5, 0.6) is 0 Å². The van der Waals surface area contributed by atoms with Crippen LogP contribution in [0.25, 0.3) is 0 Å². The molecule has 1 aliphatic heterocycles. The van der Waals surface area contributed by atoms with Gasteiger partial charge in [-0.2, -0.15) is 0 Å². The summed E-state index contributed by atoms with van der Waals surface area (Å²) in [6.45, 7) is 5.94. The molecule has 1 fully saturated rings. The molecule has 0 spiro atoms. The van der Waals surface area contributed by atoms with Crippen molar-refractivity contribution in [2.24, 2.45) is 5.92 Å². The van der Waals surface area contributed by atoms with Crippen LogP contribution in [0.4, 0.5) is 11.5 Å². The number of anilines is 2. The fourth-order valence-electron chi connectivity index (χ4n) is 3.01. The third kappa shape index (κ3) is 3.96. The maximum absolute atomic E-state index is 12.7. The van der Waals surface area contributed by atoms with Gasteiger partial charge in [0.15, 0.2) is 0 Å². The number of nitrogens with zero attached hydrogens (tertiary/aromatic N) is 2. The number of amides is 1. The van der Waals surface area contributed by atoms with Crippen LogP contribution in [0.15, 0.2) is 41.0 Å². The van der Waals surface area contributed by atoms with Gasteiger partial charge in [0.25, 0.3) is 5.91 Å². The number of aromatic nitrogens is 1. The molecule has 0 aliphatic carbocycles. The second-order valence-electron chi connectivity index (χ2n) is 6.52. The first-order valence-electron chi connectivity index (χ1n) is 8.31. The van der Waals surface area contributed by atoms with Gasteiger partial charge in [-0.3, -0.25) is 4.79 Å². The minimum absolute atomic E-state index is 0.0945. The number of hydrogen-bond donors (Lipinski definition) is 1. The van der Waals surface area contributed by atoms with Gasteiger partial charge in [-0.05, 0) is 55.5 Å². The summed E-state index contributed by atoms with van der Waals surface area (Å²) >= 11 is 3.53. The zero-order chi connectivity index (χ0) is 17.1. The number of pyridine rings is 1. The van der Waals surface area contributed by atoms with E-state index in [1.807, 2.05) is 36.1 Å². The molecule has 2 aromatic rings. The molecular weight excluding hydrogens is 366 g/mol. The topological polar surface area (TPSA) is 45.2 Å². The molecule has 1 aromatic heterocycles. The normalized spacial score (nSPS) is 17.6. The zero-order valence-electron chi connectivity index (χ0n) is 14.1. The van der Waals surface area contributed by atoms with Gasteiger partial charge >= 0.3 is 0 Å². The van der Waals surface area contributed by atoms with Crippen LogP contribution < -0.4 is 5.32 Å². The molecule has 1 atom stereocenters. The van der Waals surface area contributed by atoms with Crippen LogP contribution >= 0.6 is 15.9 Å². The molecule has 2 heterocycles. The van der Waals surface area contributed by atoms with Gasteiger partial charge in [-0.25, -0.2) is 4.98 Å². The second-order valence-corrected chi connectivity index (χ2v) is 7.37. The molecule has 3 rings (SSSR count). The molecule has 1 saturated heterocycles. The minimum Gasteiger partial charge on any atom is -0.340 e. The lowest BCUT2D eigenvalue weighted by atomic mass is 9.99. The van der Waals surface area contributed by atoms with Crippen molar-refractivity contribution in [2.45, 2.75) is 26.7 Å². The summed E-state index contributed by atoms with van der Waals surface area (Å²) in [5, 5.41) is 3.27. The first kappa shape index (κ1) is 17.0. The van der Waals surface area contributed by atoms with E-state index >= 15 is 0 Å². The van der Waals surface area contributed by atoms with Crippen molar-refractivity contribution in [1.29, 1.82) is 0 Å². The Morgan fingerprint density at radius 3 is 2.92 bits per heavy atom. The molecule has 1 amide bonds. The number of carbonyl (C=O) groups excluding carboxylic acids is 1. The van der Waals surface area contributed by atoms with Crippen LogP contribution in [0.2, 0.25) is 0 Å². The average molecular weight is 388 g/mol. The van der Waals surface area contributed by atoms with Crippen molar-refractivity contribution in [2.75, 3.05) is 18.4 Å². The Balaban J connectivity index is 1.76. The number of piperidine rings is 1. The van der Waals surface area contributed by atoms with Crippen LogP contribution in [0.3, 0.4) is 0 Å². The fraction of sp³-hybridized carbons (Fsp3) is 0.368. The Hall–Kier alpha value is -1.88. The number of halogens is 1.